The van der Waals surface area contributed by atoms with Gasteiger partial charge in [0, 0.05) is 32.8 Å². The summed E-state index contributed by atoms with van der Waals surface area (Å²) in [6.45, 7) is 0.501. The fourth-order valence-electron chi connectivity index (χ4n) is 7.91. The Kier molecular flexibility index (Phi) is 15.5. The normalized spacial score (nSPS) is 12.0. The molecule has 0 saturated carbocycles. The third kappa shape index (κ3) is 12.5. The Bertz CT molecular complexity index is 3010. The van der Waals surface area contributed by atoms with Gasteiger partial charge in [0.25, 0.3) is 0 Å². The molecule has 8 nitrogen and oxygen atoms in total. The van der Waals surface area contributed by atoms with Crippen LogP contribution in [0.25, 0.3) is 0 Å². The Morgan fingerprint density at radius 2 is 0.569 bits per heavy atom. The molecule has 0 unspecified atom stereocenters. The van der Waals surface area contributed by atoms with Crippen LogP contribution in [0.3, 0.4) is 0 Å². The highest BCUT2D eigenvalue weighted by Crippen LogP contribution is 2.29. The smallest absolute Gasteiger partial charge is 0.119 e. The predicted molar refractivity (Wildman–Crippen MR) is 290 cm³/mol. The molecular weight excluding hydrogens is 912 g/mol. The fourth-order valence-corrected chi connectivity index (χ4v) is 8.04. The summed E-state index contributed by atoms with van der Waals surface area (Å²) in [5.74, 6) is 2.44. The largest absolute Gasteiger partial charge is 0.493 e. The van der Waals surface area contributed by atoms with Crippen LogP contribution in [0.2, 0.25) is 5.02 Å². The lowest BCUT2D eigenvalue weighted by Gasteiger charge is -2.33. The van der Waals surface area contributed by atoms with Gasteiger partial charge >= 0.3 is 0 Å². The zero-order chi connectivity index (χ0) is 49.5. The number of rotatable bonds is 21. The number of benzene rings is 9. The quantitative estimate of drug-likeness (QED) is 0.0621. The topological polar surface area (TPSA) is 121 Å². The van der Waals surface area contributed by atoms with Crippen LogP contribution in [0.5, 0.6) is 23.0 Å². The van der Waals surface area contributed by atoms with Gasteiger partial charge in [-0.15, -0.1) is 0 Å². The molecule has 0 aromatic heterocycles. The molecule has 0 fully saturated rings. The van der Waals surface area contributed by atoms with Crippen molar-refractivity contribution in [3.8, 4) is 23.0 Å². The third-order valence-electron chi connectivity index (χ3n) is 12.0. The van der Waals surface area contributed by atoms with Crippen molar-refractivity contribution < 1.29 is 18.9 Å². The molecule has 0 radical (unpaired) electrons. The summed E-state index contributed by atoms with van der Waals surface area (Å²) < 4.78 is 26.7. The second-order valence-corrected chi connectivity index (χ2v) is 17.7. The van der Waals surface area contributed by atoms with E-state index >= 15 is 0 Å². The molecule has 0 aliphatic carbocycles. The van der Waals surface area contributed by atoms with Crippen molar-refractivity contribution in [3.05, 3.63) is 292 Å². The third-order valence-corrected chi connectivity index (χ3v) is 12.3. The van der Waals surface area contributed by atoms with Crippen molar-refractivity contribution in [1.29, 1.82) is 16.2 Å². The van der Waals surface area contributed by atoms with Crippen molar-refractivity contribution in [2.75, 3.05) is 26.4 Å². The van der Waals surface area contributed by atoms with E-state index in [0.717, 1.165) is 55.9 Å². The van der Waals surface area contributed by atoms with Crippen LogP contribution in [0.15, 0.2) is 248 Å². The highest BCUT2D eigenvalue weighted by molar-refractivity contribution is 6.30. The number of nitrogens with zero attached hydrogens (tertiary/aromatic N) is 1. The molecule has 354 valence electrons. The first kappa shape index (κ1) is 48.2. The summed E-state index contributed by atoms with van der Waals surface area (Å²) in [7, 11) is 0. The van der Waals surface area contributed by atoms with Gasteiger partial charge in [0.1, 0.15) is 54.8 Å². The molecule has 72 heavy (non-hydrogen) atoms. The minimum Gasteiger partial charge on any atom is -0.493 e. The minimum absolute atomic E-state index is 0.125. The summed E-state index contributed by atoms with van der Waals surface area (Å²) in [6.07, 6.45) is 0. The molecule has 9 heteroatoms. The monoisotopic (exact) mass is 962 g/mol. The molecular formula is C63H51ClN4O4. The van der Waals surface area contributed by atoms with Crippen LogP contribution in [0.4, 0.5) is 5.69 Å². The van der Waals surface area contributed by atoms with Crippen LogP contribution in [-0.2, 0) is 0 Å². The highest BCUT2D eigenvalue weighted by Gasteiger charge is 2.36. The van der Waals surface area contributed by atoms with Crippen molar-refractivity contribution in [2.45, 2.75) is 0 Å². The number of nitrogens with one attached hydrogen (secondary N) is 3. The van der Waals surface area contributed by atoms with Crippen molar-refractivity contribution in [2.24, 2.45) is 10.4 Å². The van der Waals surface area contributed by atoms with E-state index in [1.165, 1.54) is 0 Å². The predicted octanol–water partition coefficient (Wildman–Crippen LogP) is 14.4. The lowest BCUT2D eigenvalue weighted by molar-refractivity contribution is -0.00351. The summed E-state index contributed by atoms with van der Waals surface area (Å²) in [4.78, 5) is 5.04. The summed E-state index contributed by atoms with van der Waals surface area (Å²) in [6, 6.07) is 76.8. The lowest BCUT2D eigenvalue weighted by Crippen LogP contribution is -2.45. The Labute approximate surface area is 425 Å². The second-order valence-electron chi connectivity index (χ2n) is 17.3. The first-order valence-corrected chi connectivity index (χ1v) is 23.9. The van der Waals surface area contributed by atoms with Gasteiger partial charge in [-0.05, 0) is 138 Å². The molecule has 0 saturated heterocycles. The number of halogens is 1. The van der Waals surface area contributed by atoms with Crippen LogP contribution in [-0.4, -0.2) is 49.3 Å². The van der Waals surface area contributed by atoms with Gasteiger partial charge in [0.2, 0.25) is 0 Å². The van der Waals surface area contributed by atoms with Crippen molar-refractivity contribution >= 4 is 40.1 Å². The first-order valence-electron chi connectivity index (χ1n) is 23.5. The molecule has 0 aliphatic rings. The van der Waals surface area contributed by atoms with Gasteiger partial charge < -0.3 is 18.9 Å². The SMILES string of the molecule is N=C(c1ccccc1)c1ccc(OCC(COc2ccc(C(=N)c3ccccc3)cc2)(COc2ccc(C(=N)c3ccccc3)cc2)COc2ccc(C(=Nc3ccc(Cl)cc3)c3ccccc3)cc2)cc1. The van der Waals surface area contributed by atoms with Crippen LogP contribution < -0.4 is 18.9 Å². The Morgan fingerprint density at radius 3 is 0.875 bits per heavy atom. The molecule has 0 spiro atoms. The van der Waals surface area contributed by atoms with Gasteiger partial charge in [0.05, 0.1) is 28.5 Å². The first-order chi connectivity index (χ1) is 35.3. The molecule has 0 aliphatic heterocycles. The van der Waals surface area contributed by atoms with E-state index in [0.29, 0.717) is 45.2 Å². The van der Waals surface area contributed by atoms with E-state index in [9.17, 15) is 0 Å². The van der Waals surface area contributed by atoms with E-state index in [1.807, 2.05) is 243 Å². The maximum Gasteiger partial charge on any atom is 0.119 e. The van der Waals surface area contributed by atoms with Gasteiger partial charge in [-0.3, -0.25) is 16.2 Å². The van der Waals surface area contributed by atoms with Gasteiger partial charge in [-0.1, -0.05) is 133 Å². The maximum atomic E-state index is 8.83. The molecule has 0 amide bonds. The number of hydrogen-bond donors (Lipinski definition) is 3. The zero-order valence-corrected chi connectivity index (χ0v) is 40.1. The number of ether oxygens (including phenoxy) is 4. The Hall–Kier alpha value is -8.85. The van der Waals surface area contributed by atoms with Gasteiger partial charge in [0.15, 0.2) is 0 Å². The van der Waals surface area contributed by atoms with Crippen molar-refractivity contribution in [3.63, 3.8) is 0 Å². The molecule has 9 aromatic carbocycles. The summed E-state index contributed by atoms with van der Waals surface area (Å²) >= 11 is 6.21. The van der Waals surface area contributed by atoms with E-state index in [4.69, 9.17) is 51.8 Å². The van der Waals surface area contributed by atoms with Crippen LogP contribution >= 0.6 is 11.6 Å². The Balaban J connectivity index is 1.01. The second kappa shape index (κ2) is 23.2. The minimum atomic E-state index is -0.926. The molecule has 0 heterocycles. The van der Waals surface area contributed by atoms with E-state index < -0.39 is 5.41 Å². The number of aliphatic imine (C=N–C) groups is 1. The fraction of sp³-hybridized carbons (Fsp3) is 0.0794. The van der Waals surface area contributed by atoms with Crippen molar-refractivity contribution in [1.82, 2.24) is 0 Å². The summed E-state index contributed by atoms with van der Waals surface area (Å²) in [5.41, 5.74) is 8.53. The molecule has 3 N–H and O–H groups in total. The summed E-state index contributed by atoms with van der Waals surface area (Å²) in [5, 5.41) is 27.1. The van der Waals surface area contributed by atoms with Gasteiger partial charge in [-0.2, -0.15) is 0 Å². The standard InChI is InChI=1S/C63H51ClN4O4/c64-53-29-31-54(32-30-53)68-62(51-19-11-4-12-20-51)52-27-39-58(40-28-52)72-44-63(41-69-55-33-21-48(22-34-55)59(65)45-13-5-1-6-14-45,42-70-56-35-23-49(24-36-56)60(66)46-15-7-2-8-16-46)43-71-57-37-25-50(26-38-57)61(67)47-17-9-3-10-18-47/h1-40,65-67H,41-44H2. The molecule has 0 bridgehead atoms. The number of hydrogen-bond acceptors (Lipinski definition) is 8. The Morgan fingerprint density at radius 1 is 0.319 bits per heavy atom. The molecule has 9 rings (SSSR count). The highest BCUT2D eigenvalue weighted by atomic mass is 35.5. The van der Waals surface area contributed by atoms with E-state index in [1.54, 1.807) is 0 Å². The zero-order valence-electron chi connectivity index (χ0n) is 39.4. The lowest BCUT2D eigenvalue weighted by atomic mass is 9.91. The van der Waals surface area contributed by atoms with Gasteiger partial charge in [-0.25, -0.2) is 4.99 Å². The molecule has 9 aromatic rings. The average molecular weight is 964 g/mol. The maximum absolute atomic E-state index is 8.83. The van der Waals surface area contributed by atoms with E-state index in [2.05, 4.69) is 0 Å². The van der Waals surface area contributed by atoms with E-state index in [-0.39, 0.29) is 26.4 Å². The molecule has 0 atom stereocenters. The van der Waals surface area contributed by atoms with Crippen LogP contribution in [0.1, 0.15) is 44.5 Å². The van der Waals surface area contributed by atoms with Crippen LogP contribution in [0, 0.1) is 21.6 Å². The average Bonchev–Trinajstić information content (AvgIpc) is 3.45.